The zero-order valence-corrected chi connectivity index (χ0v) is 38.5. The van der Waals surface area contributed by atoms with Gasteiger partial charge >= 0.3 is 12.2 Å². The van der Waals surface area contributed by atoms with Crippen molar-refractivity contribution in [1.82, 2.24) is 0 Å². The zero-order chi connectivity index (χ0) is 53.8. The summed E-state index contributed by atoms with van der Waals surface area (Å²) in [6.45, 7) is 0.826. The van der Waals surface area contributed by atoms with Gasteiger partial charge in [0.15, 0.2) is 34.9 Å². The zero-order valence-electron chi connectivity index (χ0n) is 38.5. The number of alkyl halides is 4. The Kier molecular flexibility index (Phi) is 14.0. The predicted octanol–water partition coefficient (Wildman–Crippen LogP) is 18.0. The second kappa shape index (κ2) is 20.2. The van der Waals surface area contributed by atoms with E-state index in [0.717, 1.165) is 43.7 Å². The Morgan fingerprint density at radius 1 is 0.347 bits per heavy atom. The number of hydrogen-bond donors (Lipinski definition) is 0. The molecule has 0 spiro atoms. The van der Waals surface area contributed by atoms with Gasteiger partial charge in [-0.1, -0.05) is 72.8 Å². The van der Waals surface area contributed by atoms with E-state index >= 15 is 0 Å². The maximum atomic E-state index is 15.0. The maximum Gasteiger partial charge on any atom is 0.432 e. The molecule has 386 valence electrons. The monoisotopic (exact) mass is 1050 g/mol. The normalized spacial score (nSPS) is 13.6. The molecular formula is C57H34F16O2. The van der Waals surface area contributed by atoms with Crippen molar-refractivity contribution in [3.8, 4) is 56.0 Å². The minimum Gasteiger partial charge on any atom is -0.429 e. The highest BCUT2D eigenvalue weighted by atomic mass is 19.3. The molecule has 0 aliphatic heterocycles. The largest absolute Gasteiger partial charge is 0.432 e. The van der Waals surface area contributed by atoms with Crippen LogP contribution in [-0.4, -0.2) is 0 Å². The van der Waals surface area contributed by atoms with Crippen molar-refractivity contribution in [2.45, 2.75) is 56.7 Å². The van der Waals surface area contributed by atoms with Crippen molar-refractivity contribution in [2.75, 3.05) is 0 Å². The van der Waals surface area contributed by atoms with Crippen molar-refractivity contribution in [2.24, 2.45) is 0 Å². The fourth-order valence-electron chi connectivity index (χ4n) is 8.35. The predicted molar refractivity (Wildman–Crippen MR) is 245 cm³/mol. The van der Waals surface area contributed by atoms with Gasteiger partial charge in [-0.05, 0) is 125 Å². The van der Waals surface area contributed by atoms with Crippen molar-refractivity contribution in [1.29, 1.82) is 0 Å². The fraction of sp³-hybridized carbons (Fsp3) is 0.158. The first-order valence-electron chi connectivity index (χ1n) is 22.7. The first kappa shape index (κ1) is 52.1. The number of hydrogen-bond acceptors (Lipinski definition) is 2. The Morgan fingerprint density at radius 2 is 0.693 bits per heavy atom. The molecule has 0 N–H and O–H groups in total. The van der Waals surface area contributed by atoms with Crippen LogP contribution in [-0.2, 0) is 12.2 Å². The smallest absolute Gasteiger partial charge is 0.429 e. The summed E-state index contributed by atoms with van der Waals surface area (Å²) in [7, 11) is 0. The molecule has 0 heterocycles. The van der Waals surface area contributed by atoms with Crippen LogP contribution in [0.4, 0.5) is 70.2 Å². The lowest BCUT2D eigenvalue weighted by atomic mass is 9.97. The summed E-state index contributed by atoms with van der Waals surface area (Å²) in [5.41, 5.74) is -0.876. The van der Waals surface area contributed by atoms with Gasteiger partial charge in [0.05, 0.1) is 0 Å². The minimum absolute atomic E-state index is 0.104. The Bertz CT molecular complexity index is 3430. The molecule has 0 saturated heterocycles. The van der Waals surface area contributed by atoms with E-state index in [1.54, 1.807) is 0 Å². The Morgan fingerprint density at radius 3 is 1.07 bits per heavy atom. The molecule has 0 radical (unpaired) electrons. The molecule has 0 unspecified atom stereocenters. The summed E-state index contributed by atoms with van der Waals surface area (Å²) in [5, 5.41) is 0. The molecule has 2 fully saturated rings. The van der Waals surface area contributed by atoms with Crippen LogP contribution in [0.1, 0.15) is 65.3 Å². The summed E-state index contributed by atoms with van der Waals surface area (Å²) in [4.78, 5) is 0. The molecule has 2 aliphatic rings. The molecular weight excluding hydrogens is 1020 g/mol. The molecule has 75 heavy (non-hydrogen) atoms. The third-order valence-corrected chi connectivity index (χ3v) is 12.6. The third kappa shape index (κ3) is 10.9. The average Bonchev–Trinajstić information content (AvgIpc) is 4.29. The van der Waals surface area contributed by atoms with Gasteiger partial charge in [-0.25, -0.2) is 52.7 Å². The van der Waals surface area contributed by atoms with Gasteiger partial charge in [-0.15, -0.1) is 0 Å². The van der Waals surface area contributed by atoms with E-state index in [1.807, 2.05) is 48.5 Å². The first-order chi connectivity index (χ1) is 35.5. The van der Waals surface area contributed by atoms with Crippen LogP contribution in [0, 0.1) is 76.7 Å². The summed E-state index contributed by atoms with van der Waals surface area (Å²) in [5.74, 6) is -21.2. The molecule has 2 saturated carbocycles. The number of halogens is 16. The Balaban J connectivity index is 0.000000184. The summed E-state index contributed by atoms with van der Waals surface area (Å²) >= 11 is 0. The second-order valence-electron chi connectivity index (χ2n) is 17.9. The van der Waals surface area contributed by atoms with Crippen LogP contribution in [0.5, 0.6) is 11.5 Å². The van der Waals surface area contributed by atoms with Crippen molar-refractivity contribution in [3.63, 3.8) is 0 Å². The van der Waals surface area contributed by atoms with Gasteiger partial charge < -0.3 is 9.47 Å². The lowest BCUT2D eigenvalue weighted by Gasteiger charge is -2.21. The van der Waals surface area contributed by atoms with Gasteiger partial charge in [-0.3, -0.25) is 0 Å². The quantitative estimate of drug-likeness (QED) is 0.0897. The van der Waals surface area contributed by atoms with Gasteiger partial charge in [-0.2, -0.15) is 17.6 Å². The summed E-state index contributed by atoms with van der Waals surface area (Å²) in [6, 6.07) is 25.5. The van der Waals surface area contributed by atoms with Crippen LogP contribution in [0.15, 0.2) is 127 Å². The molecule has 2 aliphatic carbocycles. The van der Waals surface area contributed by atoms with Crippen LogP contribution in [0.2, 0.25) is 0 Å². The molecule has 0 aromatic heterocycles. The SMILES string of the molecule is Cc1c(OC(F)(F)c2c(F)cc(-c3ccc(-c4ccc(C5CC5)cc4)cc3F)cc2F)cc(F)c(F)c1F.Fc1cc(-c2ccc(C3CC3)cc2)ccc1-c1cc(F)c(C(F)(F)Oc2cc(F)c(F)c(F)c2)c(F)c1. The maximum absolute atomic E-state index is 15.0. The second-order valence-corrected chi connectivity index (χ2v) is 17.9. The van der Waals surface area contributed by atoms with Crippen molar-refractivity contribution >= 4 is 0 Å². The molecule has 0 atom stereocenters. The summed E-state index contributed by atoms with van der Waals surface area (Å²) in [6.07, 6.45) is -4.95. The molecule has 0 bridgehead atoms. The van der Waals surface area contributed by atoms with E-state index in [0.29, 0.717) is 47.2 Å². The van der Waals surface area contributed by atoms with Gasteiger partial charge in [0.1, 0.15) is 57.5 Å². The third-order valence-electron chi connectivity index (χ3n) is 12.6. The lowest BCUT2D eigenvalue weighted by molar-refractivity contribution is -0.190. The van der Waals surface area contributed by atoms with E-state index in [9.17, 15) is 70.2 Å². The standard InChI is InChI=1S/C29H18F8O.C28H16F8O/c1-14-25(13-24(33)28(35)27(14)34)38-29(36,37)26-22(31)11-19(12-23(26)32)20-9-8-18(10-21(20)30)17-6-4-16(5-7-17)15-2-3-15;29-21-9-17(16-5-3-15(4-6-16)14-1-2-14)7-8-20(21)18-10-22(30)26(23(31)11-18)28(35,36)37-19-12-24(32)27(34)25(33)13-19/h4-13,15H,2-3H2,1H3;3-14H,1-2H2. The molecule has 8 aromatic carbocycles. The van der Waals surface area contributed by atoms with Crippen LogP contribution in [0.3, 0.4) is 0 Å². The molecule has 10 rings (SSSR count). The van der Waals surface area contributed by atoms with E-state index in [1.165, 1.54) is 47.5 Å². The van der Waals surface area contributed by atoms with Crippen LogP contribution < -0.4 is 9.47 Å². The van der Waals surface area contributed by atoms with Crippen molar-refractivity contribution in [3.05, 3.63) is 225 Å². The number of ether oxygens (including phenoxy) is 2. The Hall–Kier alpha value is -7.76. The summed E-state index contributed by atoms with van der Waals surface area (Å²) < 4.78 is 236. The van der Waals surface area contributed by atoms with Gasteiger partial charge in [0.25, 0.3) is 0 Å². The first-order valence-corrected chi connectivity index (χ1v) is 22.7. The molecule has 2 nitrogen and oxygen atoms in total. The molecule has 18 heteroatoms. The van der Waals surface area contributed by atoms with Crippen molar-refractivity contribution < 1.29 is 79.7 Å². The van der Waals surface area contributed by atoms with E-state index < -0.39 is 110 Å². The molecule has 8 aromatic rings. The highest BCUT2D eigenvalue weighted by Gasteiger charge is 2.43. The van der Waals surface area contributed by atoms with E-state index in [2.05, 4.69) is 9.47 Å². The fourth-order valence-corrected chi connectivity index (χ4v) is 8.35. The minimum atomic E-state index is -4.75. The lowest BCUT2D eigenvalue weighted by Crippen LogP contribution is -2.26. The Labute approximate surface area is 416 Å². The van der Waals surface area contributed by atoms with Gasteiger partial charge in [0.2, 0.25) is 0 Å². The van der Waals surface area contributed by atoms with E-state index in [4.69, 9.17) is 0 Å². The highest BCUT2D eigenvalue weighted by Crippen LogP contribution is 2.44. The molecule has 0 amide bonds. The highest BCUT2D eigenvalue weighted by molar-refractivity contribution is 5.73. The van der Waals surface area contributed by atoms with E-state index in [-0.39, 0.29) is 40.5 Å². The number of benzene rings is 8. The van der Waals surface area contributed by atoms with Gasteiger partial charge in [0, 0.05) is 34.9 Å². The van der Waals surface area contributed by atoms with Crippen LogP contribution >= 0.6 is 0 Å². The number of rotatable bonds is 12. The topological polar surface area (TPSA) is 18.5 Å². The van der Waals surface area contributed by atoms with Crippen LogP contribution in [0.25, 0.3) is 44.5 Å². The average molecular weight is 1050 g/mol.